The molecule has 1 atom stereocenters. The highest BCUT2D eigenvalue weighted by Crippen LogP contribution is 2.31. The molecule has 1 aromatic rings. The quantitative estimate of drug-likeness (QED) is 0.640. The maximum atomic E-state index is 11.5. The first-order valence-corrected chi connectivity index (χ1v) is 9.42. The number of benzene rings is 1. The van der Waals surface area contributed by atoms with Crippen molar-refractivity contribution in [3.05, 3.63) is 33.8 Å². The number of carbonyl (C=O) groups is 1. The minimum absolute atomic E-state index is 0.119. The maximum Gasteiger partial charge on any atom is 0.219 e. The number of piperazine rings is 1. The first-order valence-electron chi connectivity index (χ1n) is 8.66. The molecule has 138 valence electrons. The van der Waals surface area contributed by atoms with Gasteiger partial charge in [0, 0.05) is 62.2 Å². The van der Waals surface area contributed by atoms with Crippen LogP contribution in [-0.4, -0.2) is 60.9 Å². The van der Waals surface area contributed by atoms with Gasteiger partial charge in [0.05, 0.1) is 0 Å². The Balaban J connectivity index is 2.06. The Bertz CT molecular complexity index is 607. The number of nitrogens with zero attached hydrogens (tertiary/aromatic N) is 3. The largest absolute Gasteiger partial charge is 0.357 e. The summed E-state index contributed by atoms with van der Waals surface area (Å²) in [6.45, 7) is 10.2. The Morgan fingerprint density at radius 3 is 2.28 bits per heavy atom. The van der Waals surface area contributed by atoms with Gasteiger partial charge < -0.3 is 15.1 Å². The van der Waals surface area contributed by atoms with E-state index < -0.39 is 0 Å². The molecule has 1 heterocycles. The van der Waals surface area contributed by atoms with Crippen molar-refractivity contribution in [3.8, 4) is 0 Å². The Morgan fingerprint density at radius 2 is 1.76 bits per heavy atom. The van der Waals surface area contributed by atoms with Crippen molar-refractivity contribution >= 4 is 35.1 Å². The van der Waals surface area contributed by atoms with Gasteiger partial charge in [-0.1, -0.05) is 36.2 Å². The van der Waals surface area contributed by atoms with Gasteiger partial charge in [-0.3, -0.25) is 9.79 Å². The Morgan fingerprint density at radius 1 is 1.20 bits per heavy atom. The number of guanidine groups is 1. The molecule has 0 radical (unpaired) electrons. The molecule has 0 bridgehead atoms. The van der Waals surface area contributed by atoms with Gasteiger partial charge in [0.15, 0.2) is 5.96 Å². The molecule has 0 aliphatic carbocycles. The molecule has 1 amide bonds. The van der Waals surface area contributed by atoms with Crippen molar-refractivity contribution in [2.45, 2.75) is 26.7 Å². The molecule has 1 saturated heterocycles. The second-order valence-corrected chi connectivity index (χ2v) is 7.04. The van der Waals surface area contributed by atoms with Crippen LogP contribution in [0.1, 0.15) is 32.3 Å². The third-order valence-corrected chi connectivity index (χ3v) is 5.03. The van der Waals surface area contributed by atoms with Crippen LogP contribution in [-0.2, 0) is 4.79 Å². The molecule has 1 aliphatic rings. The minimum atomic E-state index is 0.119. The average Bonchev–Trinajstić information content (AvgIpc) is 2.58. The topological polar surface area (TPSA) is 47.9 Å². The van der Waals surface area contributed by atoms with Crippen LogP contribution in [0.4, 0.5) is 0 Å². The number of nitrogens with one attached hydrogen (secondary N) is 1. The molecular formula is C18H26Cl2N4O. The van der Waals surface area contributed by atoms with E-state index in [0.29, 0.717) is 16.6 Å². The molecule has 0 spiro atoms. The van der Waals surface area contributed by atoms with E-state index in [2.05, 4.69) is 24.1 Å². The highest BCUT2D eigenvalue weighted by atomic mass is 35.5. The van der Waals surface area contributed by atoms with Crippen molar-refractivity contribution < 1.29 is 4.79 Å². The molecule has 25 heavy (non-hydrogen) atoms. The standard InChI is InChI=1S/C18H26Cl2N4O/c1-4-21-18(24-10-8-23(9-11-24)14(3)25)22-12-13(2)17-15(19)6-5-7-16(17)20/h5-7,13H,4,8-12H2,1-3H3,(H,21,22). The molecule has 1 unspecified atom stereocenters. The highest BCUT2D eigenvalue weighted by Gasteiger charge is 2.21. The lowest BCUT2D eigenvalue weighted by Gasteiger charge is -2.36. The number of hydrogen-bond acceptors (Lipinski definition) is 2. The van der Waals surface area contributed by atoms with Crippen molar-refractivity contribution in [2.24, 2.45) is 4.99 Å². The number of halogens is 2. The number of aliphatic imine (C=N–C) groups is 1. The van der Waals surface area contributed by atoms with Gasteiger partial charge in [-0.05, 0) is 24.6 Å². The lowest BCUT2D eigenvalue weighted by atomic mass is 10.0. The fourth-order valence-electron chi connectivity index (χ4n) is 2.96. The lowest BCUT2D eigenvalue weighted by Crippen LogP contribution is -2.53. The van der Waals surface area contributed by atoms with E-state index in [-0.39, 0.29) is 11.8 Å². The summed E-state index contributed by atoms with van der Waals surface area (Å²) in [5.41, 5.74) is 0.937. The van der Waals surface area contributed by atoms with Crippen LogP contribution in [0.15, 0.2) is 23.2 Å². The van der Waals surface area contributed by atoms with E-state index in [4.69, 9.17) is 28.2 Å². The van der Waals surface area contributed by atoms with Crippen LogP contribution in [0.3, 0.4) is 0 Å². The predicted octanol–water partition coefficient (Wildman–Crippen LogP) is 3.23. The third kappa shape index (κ3) is 5.25. The predicted molar refractivity (Wildman–Crippen MR) is 105 cm³/mol. The summed E-state index contributed by atoms with van der Waals surface area (Å²) in [6, 6.07) is 5.56. The summed E-state index contributed by atoms with van der Waals surface area (Å²) in [5.74, 6) is 1.12. The molecule has 7 heteroatoms. The van der Waals surface area contributed by atoms with Crippen molar-refractivity contribution in [3.63, 3.8) is 0 Å². The summed E-state index contributed by atoms with van der Waals surface area (Å²) in [6.07, 6.45) is 0. The van der Waals surface area contributed by atoms with Gasteiger partial charge in [-0.15, -0.1) is 0 Å². The molecule has 2 rings (SSSR count). The van der Waals surface area contributed by atoms with E-state index >= 15 is 0 Å². The van der Waals surface area contributed by atoms with Gasteiger partial charge in [0.1, 0.15) is 0 Å². The number of amides is 1. The summed E-state index contributed by atoms with van der Waals surface area (Å²) in [4.78, 5) is 20.3. The number of rotatable bonds is 4. The summed E-state index contributed by atoms with van der Waals surface area (Å²) in [5, 5.41) is 4.69. The summed E-state index contributed by atoms with van der Waals surface area (Å²) >= 11 is 12.6. The molecule has 0 aromatic heterocycles. The molecule has 1 aliphatic heterocycles. The van der Waals surface area contributed by atoms with Crippen LogP contribution in [0.5, 0.6) is 0 Å². The monoisotopic (exact) mass is 384 g/mol. The van der Waals surface area contributed by atoms with Gasteiger partial charge in [0.25, 0.3) is 0 Å². The Kier molecular flexibility index (Phi) is 7.38. The third-order valence-electron chi connectivity index (χ3n) is 4.37. The van der Waals surface area contributed by atoms with Crippen LogP contribution in [0, 0.1) is 0 Å². The smallest absolute Gasteiger partial charge is 0.219 e. The van der Waals surface area contributed by atoms with Gasteiger partial charge in [-0.25, -0.2) is 0 Å². The molecular weight excluding hydrogens is 359 g/mol. The molecule has 5 nitrogen and oxygen atoms in total. The second kappa shape index (κ2) is 9.30. The molecule has 0 saturated carbocycles. The van der Waals surface area contributed by atoms with Gasteiger partial charge in [0.2, 0.25) is 5.91 Å². The Labute approximate surface area is 160 Å². The van der Waals surface area contributed by atoms with Crippen molar-refractivity contribution in [1.29, 1.82) is 0 Å². The zero-order chi connectivity index (χ0) is 18.4. The van der Waals surface area contributed by atoms with E-state index in [1.807, 2.05) is 23.1 Å². The van der Waals surface area contributed by atoms with Gasteiger partial charge in [-0.2, -0.15) is 0 Å². The Hall–Kier alpha value is -1.46. The fourth-order valence-corrected chi connectivity index (χ4v) is 3.73. The van der Waals surface area contributed by atoms with Crippen LogP contribution in [0.2, 0.25) is 10.0 Å². The van der Waals surface area contributed by atoms with Crippen molar-refractivity contribution in [2.75, 3.05) is 39.3 Å². The summed E-state index contributed by atoms with van der Waals surface area (Å²) < 4.78 is 0. The number of carbonyl (C=O) groups excluding carboxylic acids is 1. The van der Waals surface area contributed by atoms with E-state index in [0.717, 1.165) is 44.2 Å². The molecule has 1 N–H and O–H groups in total. The number of hydrogen-bond donors (Lipinski definition) is 1. The van der Waals surface area contributed by atoms with Crippen LogP contribution >= 0.6 is 23.2 Å². The van der Waals surface area contributed by atoms with E-state index in [1.165, 1.54) is 0 Å². The van der Waals surface area contributed by atoms with Gasteiger partial charge >= 0.3 is 0 Å². The first kappa shape index (κ1) is 19.9. The van der Waals surface area contributed by atoms with Crippen molar-refractivity contribution in [1.82, 2.24) is 15.1 Å². The van der Waals surface area contributed by atoms with E-state index in [1.54, 1.807) is 6.92 Å². The maximum absolute atomic E-state index is 11.5. The molecule has 1 aromatic carbocycles. The minimum Gasteiger partial charge on any atom is -0.357 e. The highest BCUT2D eigenvalue weighted by molar-refractivity contribution is 6.36. The SMILES string of the molecule is CCNC(=NCC(C)c1c(Cl)cccc1Cl)N1CCN(C(C)=O)CC1. The lowest BCUT2D eigenvalue weighted by molar-refractivity contribution is -0.130. The van der Waals surface area contributed by atoms with E-state index in [9.17, 15) is 4.79 Å². The van der Waals surface area contributed by atoms with Crippen LogP contribution < -0.4 is 5.32 Å². The average molecular weight is 385 g/mol. The normalized spacial score (nSPS) is 16.8. The zero-order valence-corrected chi connectivity index (χ0v) is 16.6. The van der Waals surface area contributed by atoms with Crippen LogP contribution in [0.25, 0.3) is 0 Å². The first-order chi connectivity index (χ1) is 11.9. The summed E-state index contributed by atoms with van der Waals surface area (Å²) in [7, 11) is 0. The molecule has 1 fully saturated rings. The fraction of sp³-hybridized carbons (Fsp3) is 0.556. The second-order valence-electron chi connectivity index (χ2n) is 6.22. The zero-order valence-electron chi connectivity index (χ0n) is 15.1.